The summed E-state index contributed by atoms with van der Waals surface area (Å²) in [5.41, 5.74) is 0. The quantitative estimate of drug-likeness (QED) is 0.754. The van der Waals surface area contributed by atoms with Gasteiger partial charge in [0, 0.05) is 31.0 Å². The van der Waals surface area contributed by atoms with Gasteiger partial charge in [0.05, 0.1) is 5.01 Å². The zero-order valence-electron chi connectivity index (χ0n) is 7.65. The van der Waals surface area contributed by atoms with Gasteiger partial charge in [0.1, 0.15) is 0 Å². The lowest BCUT2D eigenvalue weighted by atomic mass is 10.4. The van der Waals surface area contributed by atoms with Crippen LogP contribution in [0.4, 0.5) is 0 Å². The number of hydrogen-bond acceptors (Lipinski definition) is 4. The topological polar surface area (TPSA) is 70.4 Å². The molecule has 2 N–H and O–H groups in total. The number of thiazole rings is 1. The van der Waals surface area contributed by atoms with Gasteiger partial charge in [-0.15, -0.1) is 11.3 Å². The molecule has 0 aliphatic rings. The van der Waals surface area contributed by atoms with Crippen molar-refractivity contribution >= 4 is 17.3 Å². The first-order valence-electron chi connectivity index (χ1n) is 3.78. The number of aliphatic carboxylic acids is 1. The summed E-state index contributed by atoms with van der Waals surface area (Å²) in [6.45, 7) is 3.27. The molecule has 1 heterocycles. The van der Waals surface area contributed by atoms with Crippen LogP contribution in [0.5, 0.6) is 0 Å². The van der Waals surface area contributed by atoms with Crippen LogP contribution in [0.1, 0.15) is 16.8 Å². The van der Waals surface area contributed by atoms with Crippen molar-refractivity contribution in [3.8, 4) is 0 Å². The number of aliphatic hydroxyl groups is 1. The van der Waals surface area contributed by atoms with E-state index in [2.05, 4.69) is 4.98 Å². The molecule has 0 aromatic carbocycles. The van der Waals surface area contributed by atoms with Crippen LogP contribution >= 0.6 is 11.3 Å². The molecule has 0 radical (unpaired) electrons. The van der Waals surface area contributed by atoms with Crippen LogP contribution in [0.3, 0.4) is 0 Å². The van der Waals surface area contributed by atoms with Gasteiger partial charge in [-0.25, -0.2) is 4.98 Å². The highest BCUT2D eigenvalue weighted by Crippen LogP contribution is 2.10. The Morgan fingerprint density at radius 2 is 2.23 bits per heavy atom. The van der Waals surface area contributed by atoms with Crippen LogP contribution in [-0.4, -0.2) is 27.8 Å². The van der Waals surface area contributed by atoms with Crippen LogP contribution in [0.15, 0.2) is 6.20 Å². The van der Waals surface area contributed by atoms with Crippen molar-refractivity contribution in [2.45, 2.75) is 20.3 Å². The molecule has 0 saturated heterocycles. The third kappa shape index (κ3) is 7.42. The Kier molecular flexibility index (Phi) is 6.09. The fraction of sp³-hybridized carbons (Fsp3) is 0.500. The molecule has 5 heteroatoms. The molecule has 0 bridgehead atoms. The summed E-state index contributed by atoms with van der Waals surface area (Å²) in [5, 5.41) is 17.0. The summed E-state index contributed by atoms with van der Waals surface area (Å²) in [4.78, 5) is 14.2. The maximum absolute atomic E-state index is 9.00. The minimum atomic E-state index is -0.833. The number of nitrogens with zero attached hydrogens (tertiary/aromatic N) is 1. The molecule has 0 saturated carbocycles. The third-order valence-electron chi connectivity index (χ3n) is 1.03. The minimum Gasteiger partial charge on any atom is -0.481 e. The van der Waals surface area contributed by atoms with Gasteiger partial charge in [0.15, 0.2) is 0 Å². The molecule has 0 atom stereocenters. The number of hydrogen-bond donors (Lipinski definition) is 2. The van der Waals surface area contributed by atoms with Crippen LogP contribution in [0.25, 0.3) is 0 Å². The Morgan fingerprint density at radius 3 is 2.54 bits per heavy atom. The SMILES string of the molecule is CC(=O)O.Cc1ncc(CCO)s1. The highest BCUT2D eigenvalue weighted by atomic mass is 32.1. The number of carbonyl (C=O) groups is 1. The number of aliphatic hydroxyl groups excluding tert-OH is 1. The van der Waals surface area contributed by atoms with Crippen molar-refractivity contribution in [2.24, 2.45) is 0 Å². The normalized spacial score (nSPS) is 8.85. The molecule has 74 valence electrons. The standard InChI is InChI=1S/C6H9NOS.C2H4O2/c1-5-7-4-6(9-5)2-3-8;1-2(3)4/h4,8H,2-3H2,1H3;1H3,(H,3,4). The Balaban J connectivity index is 0.000000310. The molecule has 0 aliphatic heterocycles. The lowest BCUT2D eigenvalue weighted by molar-refractivity contribution is -0.134. The second-order valence-electron chi connectivity index (χ2n) is 2.34. The van der Waals surface area contributed by atoms with Crippen molar-refractivity contribution in [3.63, 3.8) is 0 Å². The van der Waals surface area contributed by atoms with Gasteiger partial charge < -0.3 is 10.2 Å². The zero-order chi connectivity index (χ0) is 10.3. The fourth-order valence-electron chi connectivity index (χ4n) is 0.631. The van der Waals surface area contributed by atoms with E-state index in [0.29, 0.717) is 0 Å². The van der Waals surface area contributed by atoms with Gasteiger partial charge in [-0.1, -0.05) is 0 Å². The number of aromatic nitrogens is 1. The van der Waals surface area contributed by atoms with Gasteiger partial charge >= 0.3 is 0 Å². The first-order valence-corrected chi connectivity index (χ1v) is 4.59. The van der Waals surface area contributed by atoms with Gasteiger partial charge in [0.25, 0.3) is 5.97 Å². The minimum absolute atomic E-state index is 0.224. The van der Waals surface area contributed by atoms with Crippen molar-refractivity contribution in [1.29, 1.82) is 0 Å². The van der Waals surface area contributed by atoms with E-state index >= 15 is 0 Å². The Bertz CT molecular complexity index is 256. The highest BCUT2D eigenvalue weighted by Gasteiger charge is 1.94. The van der Waals surface area contributed by atoms with E-state index in [1.165, 1.54) is 0 Å². The Hall–Kier alpha value is -0.940. The number of carboxylic acids is 1. The molecule has 0 spiro atoms. The zero-order valence-corrected chi connectivity index (χ0v) is 8.47. The summed E-state index contributed by atoms with van der Waals surface area (Å²) >= 11 is 1.64. The van der Waals surface area contributed by atoms with E-state index in [-0.39, 0.29) is 6.61 Å². The van der Waals surface area contributed by atoms with E-state index in [0.717, 1.165) is 23.2 Å². The molecular weight excluding hydrogens is 190 g/mol. The van der Waals surface area contributed by atoms with Crippen LogP contribution in [-0.2, 0) is 11.2 Å². The Labute approximate surface area is 80.9 Å². The second kappa shape index (κ2) is 6.56. The fourth-order valence-corrected chi connectivity index (χ4v) is 1.41. The van der Waals surface area contributed by atoms with E-state index in [1.54, 1.807) is 11.3 Å². The molecule has 0 aliphatic carbocycles. The first kappa shape index (κ1) is 12.1. The maximum atomic E-state index is 9.00. The van der Waals surface area contributed by atoms with Crippen molar-refractivity contribution in [2.75, 3.05) is 6.61 Å². The average Bonchev–Trinajstić information content (AvgIpc) is 2.35. The van der Waals surface area contributed by atoms with Crippen LogP contribution < -0.4 is 0 Å². The molecular formula is C8H13NO3S. The van der Waals surface area contributed by atoms with Gasteiger partial charge in [0.2, 0.25) is 0 Å². The average molecular weight is 203 g/mol. The maximum Gasteiger partial charge on any atom is 0.300 e. The van der Waals surface area contributed by atoms with Crippen molar-refractivity contribution in [3.05, 3.63) is 16.1 Å². The predicted molar refractivity (Wildman–Crippen MR) is 51.0 cm³/mol. The van der Waals surface area contributed by atoms with E-state index in [4.69, 9.17) is 15.0 Å². The largest absolute Gasteiger partial charge is 0.481 e. The molecule has 0 amide bonds. The molecule has 4 nitrogen and oxygen atoms in total. The molecule has 1 aromatic heterocycles. The number of aryl methyl sites for hydroxylation is 1. The van der Waals surface area contributed by atoms with Crippen LogP contribution in [0, 0.1) is 6.92 Å². The van der Waals surface area contributed by atoms with E-state index in [9.17, 15) is 0 Å². The first-order chi connectivity index (χ1) is 6.06. The molecule has 0 unspecified atom stereocenters. The summed E-state index contributed by atoms with van der Waals surface area (Å²) in [6, 6.07) is 0. The van der Waals surface area contributed by atoms with Gasteiger partial charge in [-0.05, 0) is 6.92 Å². The smallest absolute Gasteiger partial charge is 0.300 e. The highest BCUT2D eigenvalue weighted by molar-refractivity contribution is 7.11. The van der Waals surface area contributed by atoms with Gasteiger partial charge in [-0.3, -0.25) is 4.79 Å². The number of carboxylic acid groups (broad SMARTS) is 1. The summed E-state index contributed by atoms with van der Waals surface area (Å²) < 4.78 is 0. The molecule has 0 fully saturated rings. The van der Waals surface area contributed by atoms with E-state index < -0.39 is 5.97 Å². The van der Waals surface area contributed by atoms with Crippen molar-refractivity contribution in [1.82, 2.24) is 4.98 Å². The monoisotopic (exact) mass is 203 g/mol. The third-order valence-corrected chi connectivity index (χ3v) is 2.00. The lowest BCUT2D eigenvalue weighted by Gasteiger charge is -1.84. The molecule has 1 aromatic rings. The predicted octanol–water partition coefficient (Wildman–Crippen LogP) is 1.08. The number of rotatable bonds is 2. The van der Waals surface area contributed by atoms with Crippen molar-refractivity contribution < 1.29 is 15.0 Å². The molecule has 13 heavy (non-hydrogen) atoms. The van der Waals surface area contributed by atoms with E-state index in [1.807, 2.05) is 13.1 Å². The Morgan fingerprint density at radius 1 is 1.69 bits per heavy atom. The summed E-state index contributed by atoms with van der Waals surface area (Å²) in [6.07, 6.45) is 2.56. The molecule has 1 rings (SSSR count). The lowest BCUT2D eigenvalue weighted by Crippen LogP contribution is -1.84. The second-order valence-corrected chi connectivity index (χ2v) is 3.66. The van der Waals surface area contributed by atoms with Gasteiger partial charge in [-0.2, -0.15) is 0 Å². The van der Waals surface area contributed by atoms with Crippen LogP contribution in [0.2, 0.25) is 0 Å². The summed E-state index contributed by atoms with van der Waals surface area (Å²) in [7, 11) is 0. The summed E-state index contributed by atoms with van der Waals surface area (Å²) in [5.74, 6) is -0.833.